The lowest BCUT2D eigenvalue weighted by atomic mass is 9.93. The number of pyridine rings is 2. The van der Waals surface area contributed by atoms with Gasteiger partial charge < -0.3 is 10.5 Å². The fourth-order valence-corrected chi connectivity index (χ4v) is 3.87. The van der Waals surface area contributed by atoms with E-state index < -0.39 is 0 Å². The van der Waals surface area contributed by atoms with E-state index in [9.17, 15) is 0 Å². The lowest BCUT2D eigenvalue weighted by molar-refractivity contribution is 0.403. The number of thiophene rings is 1. The van der Waals surface area contributed by atoms with Crippen LogP contribution in [0.2, 0.25) is 0 Å². The molecule has 0 saturated heterocycles. The summed E-state index contributed by atoms with van der Waals surface area (Å²) in [5, 5.41) is 2.98. The summed E-state index contributed by atoms with van der Waals surface area (Å²) < 4.78 is 5.44. The minimum Gasteiger partial charge on any atom is -0.481 e. The fraction of sp³-hybridized carbons (Fsp3) is 0.182. The van der Waals surface area contributed by atoms with Crippen molar-refractivity contribution < 1.29 is 4.74 Å². The monoisotopic (exact) mass is 375 g/mol. The van der Waals surface area contributed by atoms with E-state index >= 15 is 0 Å². The molecule has 0 atom stereocenters. The summed E-state index contributed by atoms with van der Waals surface area (Å²) in [5.41, 5.74) is 10.9. The Hall–Kier alpha value is -2.76. The Morgan fingerprint density at radius 2 is 1.85 bits per heavy atom. The van der Waals surface area contributed by atoms with Crippen LogP contribution in [0.1, 0.15) is 19.4 Å². The van der Waals surface area contributed by atoms with E-state index in [2.05, 4.69) is 52.8 Å². The average Bonchev–Trinajstić information content (AvgIpc) is 3.20. The van der Waals surface area contributed by atoms with Gasteiger partial charge in [0.1, 0.15) is 0 Å². The third-order valence-electron chi connectivity index (χ3n) is 4.59. The van der Waals surface area contributed by atoms with E-state index in [0.717, 1.165) is 38.2 Å². The molecule has 0 amide bonds. The van der Waals surface area contributed by atoms with Crippen LogP contribution in [-0.4, -0.2) is 17.1 Å². The van der Waals surface area contributed by atoms with Crippen molar-refractivity contribution in [3.63, 3.8) is 0 Å². The lowest BCUT2D eigenvalue weighted by Crippen LogP contribution is -2.28. The molecule has 0 aliphatic rings. The van der Waals surface area contributed by atoms with Gasteiger partial charge in [0.2, 0.25) is 5.88 Å². The number of rotatable bonds is 4. The van der Waals surface area contributed by atoms with Crippen molar-refractivity contribution in [1.82, 2.24) is 9.97 Å². The minimum absolute atomic E-state index is 0.370. The second kappa shape index (κ2) is 6.76. The second-order valence-corrected chi connectivity index (χ2v) is 8.00. The van der Waals surface area contributed by atoms with Crippen molar-refractivity contribution in [2.75, 3.05) is 7.11 Å². The third-order valence-corrected chi connectivity index (χ3v) is 5.49. The molecule has 4 rings (SSSR count). The second-order valence-electron chi connectivity index (χ2n) is 7.05. The number of fused-ring (bicyclic) bond motifs is 1. The number of methoxy groups -OCH3 is 1. The molecule has 0 saturated carbocycles. The number of aromatic nitrogens is 2. The van der Waals surface area contributed by atoms with E-state index in [4.69, 9.17) is 15.5 Å². The number of nitrogens with two attached hydrogens (primary N) is 1. The van der Waals surface area contributed by atoms with Gasteiger partial charge in [-0.3, -0.25) is 0 Å². The molecule has 0 aliphatic heterocycles. The molecule has 0 radical (unpaired) electrons. The SMILES string of the molecule is COc1nccc2nc(-c3ccc(C(C)(C)N)cc3)c(-c3cccs3)cc12. The smallest absolute Gasteiger partial charge is 0.222 e. The van der Waals surface area contributed by atoms with Crippen molar-refractivity contribution >= 4 is 22.2 Å². The number of hydrogen-bond donors (Lipinski definition) is 1. The molecular formula is C22H21N3OS. The van der Waals surface area contributed by atoms with Crippen LogP contribution in [0.25, 0.3) is 32.6 Å². The molecule has 4 nitrogen and oxygen atoms in total. The molecule has 0 spiro atoms. The normalized spacial score (nSPS) is 11.7. The predicted molar refractivity (Wildman–Crippen MR) is 112 cm³/mol. The molecule has 2 N–H and O–H groups in total. The van der Waals surface area contributed by atoms with Crippen molar-refractivity contribution in [3.05, 3.63) is 65.7 Å². The summed E-state index contributed by atoms with van der Waals surface area (Å²) in [6, 6.07) is 16.5. The van der Waals surface area contributed by atoms with Gasteiger partial charge in [-0.05, 0) is 43.0 Å². The van der Waals surface area contributed by atoms with Gasteiger partial charge in [0.05, 0.1) is 23.7 Å². The molecular weight excluding hydrogens is 354 g/mol. The molecule has 3 heterocycles. The van der Waals surface area contributed by atoms with E-state index in [1.807, 2.05) is 19.9 Å². The minimum atomic E-state index is -0.370. The van der Waals surface area contributed by atoms with Crippen LogP contribution in [0.15, 0.2) is 60.1 Å². The van der Waals surface area contributed by atoms with E-state index in [-0.39, 0.29) is 5.54 Å². The van der Waals surface area contributed by atoms with Gasteiger partial charge in [0.15, 0.2) is 0 Å². The Labute approximate surface area is 162 Å². The first-order valence-electron chi connectivity index (χ1n) is 8.75. The molecule has 27 heavy (non-hydrogen) atoms. The first kappa shape index (κ1) is 17.6. The van der Waals surface area contributed by atoms with Crippen molar-refractivity contribution in [1.29, 1.82) is 0 Å². The highest BCUT2D eigenvalue weighted by atomic mass is 32.1. The Balaban J connectivity index is 1.95. The zero-order chi connectivity index (χ0) is 19.0. The van der Waals surface area contributed by atoms with Crippen molar-refractivity contribution in [2.45, 2.75) is 19.4 Å². The highest BCUT2D eigenvalue weighted by Crippen LogP contribution is 2.37. The van der Waals surface area contributed by atoms with Crippen LogP contribution in [0.5, 0.6) is 5.88 Å². The molecule has 3 aromatic heterocycles. The fourth-order valence-electron chi connectivity index (χ4n) is 3.13. The van der Waals surface area contributed by atoms with Gasteiger partial charge in [-0.25, -0.2) is 9.97 Å². The summed E-state index contributed by atoms with van der Waals surface area (Å²) in [6.07, 6.45) is 1.73. The van der Waals surface area contributed by atoms with Crippen molar-refractivity contribution in [3.8, 4) is 27.6 Å². The zero-order valence-electron chi connectivity index (χ0n) is 15.6. The van der Waals surface area contributed by atoms with E-state index in [0.29, 0.717) is 5.88 Å². The molecule has 0 fully saturated rings. The summed E-state index contributed by atoms with van der Waals surface area (Å²) in [4.78, 5) is 10.4. The van der Waals surface area contributed by atoms with Gasteiger partial charge in [-0.1, -0.05) is 30.3 Å². The maximum Gasteiger partial charge on any atom is 0.222 e. The molecule has 0 bridgehead atoms. The lowest BCUT2D eigenvalue weighted by Gasteiger charge is -2.19. The van der Waals surface area contributed by atoms with Gasteiger partial charge in [-0.15, -0.1) is 11.3 Å². The molecule has 5 heteroatoms. The predicted octanol–water partition coefficient (Wildman–Crippen LogP) is 5.23. The molecule has 4 aromatic rings. The van der Waals surface area contributed by atoms with Gasteiger partial charge in [0, 0.05) is 27.7 Å². The summed E-state index contributed by atoms with van der Waals surface area (Å²) >= 11 is 1.69. The molecule has 136 valence electrons. The standard InChI is InChI=1S/C22H21N3OS/c1-22(2,23)15-8-6-14(7-9-15)20-17(19-5-4-12-27-19)13-16-18(25-20)10-11-24-21(16)26-3/h4-13H,23H2,1-3H3. The summed E-state index contributed by atoms with van der Waals surface area (Å²) in [6.45, 7) is 4.01. The van der Waals surface area contributed by atoms with Gasteiger partial charge in [-0.2, -0.15) is 0 Å². The maximum atomic E-state index is 6.22. The Bertz CT molecular complexity index is 1080. The molecule has 1 aromatic carbocycles. The van der Waals surface area contributed by atoms with Crippen LogP contribution in [0, 0.1) is 0 Å². The van der Waals surface area contributed by atoms with Crippen molar-refractivity contribution in [2.24, 2.45) is 5.73 Å². The largest absolute Gasteiger partial charge is 0.481 e. The van der Waals surface area contributed by atoms with E-state index in [1.165, 1.54) is 0 Å². The van der Waals surface area contributed by atoms with Gasteiger partial charge >= 0.3 is 0 Å². The van der Waals surface area contributed by atoms with Crippen LogP contribution in [0.3, 0.4) is 0 Å². The number of benzene rings is 1. The highest BCUT2D eigenvalue weighted by molar-refractivity contribution is 7.13. The summed E-state index contributed by atoms with van der Waals surface area (Å²) in [7, 11) is 1.63. The third kappa shape index (κ3) is 3.31. The summed E-state index contributed by atoms with van der Waals surface area (Å²) in [5.74, 6) is 0.588. The van der Waals surface area contributed by atoms with Crippen LogP contribution < -0.4 is 10.5 Å². The van der Waals surface area contributed by atoms with Crippen LogP contribution >= 0.6 is 11.3 Å². The number of hydrogen-bond acceptors (Lipinski definition) is 5. The highest BCUT2D eigenvalue weighted by Gasteiger charge is 2.17. The molecule has 0 unspecified atom stereocenters. The maximum absolute atomic E-state index is 6.22. The Morgan fingerprint density at radius 1 is 1.07 bits per heavy atom. The van der Waals surface area contributed by atoms with Crippen LogP contribution in [-0.2, 0) is 5.54 Å². The Morgan fingerprint density at radius 3 is 2.48 bits per heavy atom. The quantitative estimate of drug-likeness (QED) is 0.531. The zero-order valence-corrected chi connectivity index (χ0v) is 16.4. The first-order chi connectivity index (χ1) is 13.0. The average molecular weight is 375 g/mol. The van der Waals surface area contributed by atoms with E-state index in [1.54, 1.807) is 24.6 Å². The topological polar surface area (TPSA) is 61.0 Å². The molecule has 0 aliphatic carbocycles. The number of nitrogens with zero attached hydrogens (tertiary/aromatic N) is 2. The Kier molecular flexibility index (Phi) is 4.42. The van der Waals surface area contributed by atoms with Gasteiger partial charge in [0.25, 0.3) is 0 Å². The first-order valence-corrected chi connectivity index (χ1v) is 9.63. The number of ether oxygens (including phenoxy) is 1. The van der Waals surface area contributed by atoms with Crippen LogP contribution in [0.4, 0.5) is 0 Å².